The van der Waals surface area contributed by atoms with E-state index in [1.165, 1.54) is 11.1 Å². The van der Waals surface area contributed by atoms with Crippen molar-refractivity contribution in [1.29, 1.82) is 0 Å². The highest BCUT2D eigenvalue weighted by atomic mass is 16.5. The van der Waals surface area contributed by atoms with Gasteiger partial charge in [0.25, 0.3) is 0 Å². The number of carbonyl (C=O) groups excluding carboxylic acids is 1. The third kappa shape index (κ3) is 5.52. The lowest BCUT2D eigenvalue weighted by atomic mass is 9.86. The van der Waals surface area contributed by atoms with Gasteiger partial charge >= 0.3 is 5.97 Å². The predicted molar refractivity (Wildman–Crippen MR) is 84.5 cm³/mol. The zero-order chi connectivity index (χ0) is 15.0. The Bertz CT molecular complexity index is 348. The average molecular weight is 278 g/mol. The van der Waals surface area contributed by atoms with Crippen LogP contribution >= 0.6 is 0 Å². The van der Waals surface area contributed by atoms with Crippen molar-refractivity contribution < 1.29 is 9.53 Å². The summed E-state index contributed by atoms with van der Waals surface area (Å²) in [5, 5.41) is 0. The maximum atomic E-state index is 12.1. The molecular formula is C18H30O2. The second-order valence-electron chi connectivity index (χ2n) is 6.06. The van der Waals surface area contributed by atoms with Crippen molar-refractivity contribution in [3.63, 3.8) is 0 Å². The minimum Gasteiger partial charge on any atom is -0.461 e. The van der Waals surface area contributed by atoms with E-state index in [0.717, 1.165) is 44.9 Å². The lowest BCUT2D eigenvalue weighted by molar-refractivity contribution is -0.148. The lowest BCUT2D eigenvalue weighted by Crippen LogP contribution is -2.19. The van der Waals surface area contributed by atoms with Gasteiger partial charge in [-0.3, -0.25) is 4.79 Å². The summed E-state index contributed by atoms with van der Waals surface area (Å²) in [6, 6.07) is 0. The summed E-state index contributed by atoms with van der Waals surface area (Å²) in [5.74, 6) is 0.705. The number of hydrogen-bond donors (Lipinski definition) is 0. The molecule has 1 unspecified atom stereocenters. The number of allylic oxidation sites excluding steroid dienone is 2. The fraction of sp³-hybridized carbons (Fsp3) is 0.722. The molecule has 0 aliphatic heterocycles. The Balaban J connectivity index is 2.39. The van der Waals surface area contributed by atoms with Crippen LogP contribution in [0.1, 0.15) is 65.7 Å². The highest BCUT2D eigenvalue weighted by Crippen LogP contribution is 2.28. The standard InChI is InChI=1S/C18H30O2/c1-5-7-17(8-6-2)18(19)20-13-15-9-11-16(12-10-15)14(3)4/h9,16-17H,3,5-8,10-13H2,1-2,4H3. The van der Waals surface area contributed by atoms with E-state index in [9.17, 15) is 4.79 Å². The van der Waals surface area contributed by atoms with E-state index in [0.29, 0.717) is 12.5 Å². The van der Waals surface area contributed by atoms with Crippen molar-refractivity contribution in [2.45, 2.75) is 65.7 Å². The summed E-state index contributed by atoms with van der Waals surface area (Å²) in [6.45, 7) is 10.9. The zero-order valence-electron chi connectivity index (χ0n) is 13.4. The van der Waals surface area contributed by atoms with Gasteiger partial charge in [0.15, 0.2) is 0 Å². The van der Waals surface area contributed by atoms with E-state index in [4.69, 9.17) is 4.74 Å². The van der Waals surface area contributed by atoms with E-state index in [1.54, 1.807) is 0 Å². The molecule has 0 N–H and O–H groups in total. The molecule has 1 aliphatic carbocycles. The first-order chi connectivity index (χ1) is 9.58. The molecule has 0 fully saturated rings. The van der Waals surface area contributed by atoms with Crippen LogP contribution in [-0.2, 0) is 9.53 Å². The van der Waals surface area contributed by atoms with E-state index >= 15 is 0 Å². The fourth-order valence-corrected chi connectivity index (χ4v) is 2.83. The monoisotopic (exact) mass is 278 g/mol. The first-order valence-electron chi connectivity index (χ1n) is 8.08. The Labute approximate surface area is 124 Å². The van der Waals surface area contributed by atoms with Gasteiger partial charge in [0, 0.05) is 0 Å². The van der Waals surface area contributed by atoms with Gasteiger partial charge < -0.3 is 4.74 Å². The Morgan fingerprint density at radius 3 is 2.50 bits per heavy atom. The highest BCUT2D eigenvalue weighted by molar-refractivity contribution is 5.72. The smallest absolute Gasteiger partial charge is 0.309 e. The number of esters is 1. The third-order valence-electron chi connectivity index (χ3n) is 4.21. The van der Waals surface area contributed by atoms with Crippen molar-refractivity contribution in [3.05, 3.63) is 23.8 Å². The molecule has 0 spiro atoms. The fourth-order valence-electron chi connectivity index (χ4n) is 2.83. The van der Waals surface area contributed by atoms with Crippen LogP contribution in [0.15, 0.2) is 23.8 Å². The van der Waals surface area contributed by atoms with Crippen LogP contribution in [0.25, 0.3) is 0 Å². The molecule has 0 aromatic heterocycles. The van der Waals surface area contributed by atoms with Gasteiger partial charge in [-0.1, -0.05) is 44.9 Å². The lowest BCUT2D eigenvalue weighted by Gasteiger charge is -2.22. The maximum absolute atomic E-state index is 12.1. The highest BCUT2D eigenvalue weighted by Gasteiger charge is 2.20. The molecule has 0 saturated carbocycles. The zero-order valence-corrected chi connectivity index (χ0v) is 13.4. The first-order valence-corrected chi connectivity index (χ1v) is 8.08. The molecule has 0 saturated heterocycles. The Morgan fingerprint density at radius 2 is 2.05 bits per heavy atom. The van der Waals surface area contributed by atoms with E-state index in [2.05, 4.69) is 33.4 Å². The summed E-state index contributed by atoms with van der Waals surface area (Å²) >= 11 is 0. The SMILES string of the molecule is C=C(C)C1CC=C(COC(=O)C(CCC)CCC)CC1. The van der Waals surface area contributed by atoms with Crippen LogP contribution in [0.5, 0.6) is 0 Å². The molecule has 1 rings (SSSR count). The summed E-state index contributed by atoms with van der Waals surface area (Å²) in [7, 11) is 0. The van der Waals surface area contributed by atoms with Crippen molar-refractivity contribution in [3.8, 4) is 0 Å². The number of rotatable bonds is 8. The number of ether oxygens (including phenoxy) is 1. The minimum atomic E-state index is -0.00313. The molecule has 0 aromatic rings. The van der Waals surface area contributed by atoms with E-state index in [-0.39, 0.29) is 11.9 Å². The molecule has 2 heteroatoms. The topological polar surface area (TPSA) is 26.3 Å². The molecule has 2 nitrogen and oxygen atoms in total. The van der Waals surface area contributed by atoms with Gasteiger partial charge in [0.2, 0.25) is 0 Å². The van der Waals surface area contributed by atoms with Gasteiger partial charge in [-0.15, -0.1) is 0 Å². The molecular weight excluding hydrogens is 248 g/mol. The van der Waals surface area contributed by atoms with Gasteiger partial charge in [0.1, 0.15) is 6.61 Å². The first kappa shape index (κ1) is 17.0. The summed E-state index contributed by atoms with van der Waals surface area (Å²) in [4.78, 5) is 12.1. The van der Waals surface area contributed by atoms with Gasteiger partial charge in [0.05, 0.1) is 5.92 Å². The molecule has 0 aromatic carbocycles. The van der Waals surface area contributed by atoms with Crippen LogP contribution in [-0.4, -0.2) is 12.6 Å². The molecule has 1 aliphatic rings. The van der Waals surface area contributed by atoms with Gasteiger partial charge in [-0.05, 0) is 50.5 Å². The molecule has 1 atom stereocenters. The molecule has 0 heterocycles. The van der Waals surface area contributed by atoms with Crippen molar-refractivity contribution in [2.75, 3.05) is 6.61 Å². The molecule has 114 valence electrons. The maximum Gasteiger partial charge on any atom is 0.309 e. The number of carbonyl (C=O) groups is 1. The molecule has 0 bridgehead atoms. The molecule has 0 amide bonds. The Kier molecular flexibility index (Phi) is 7.64. The van der Waals surface area contributed by atoms with Crippen molar-refractivity contribution >= 4 is 5.97 Å². The van der Waals surface area contributed by atoms with Crippen molar-refractivity contribution in [1.82, 2.24) is 0 Å². The molecule has 20 heavy (non-hydrogen) atoms. The Morgan fingerprint density at radius 1 is 1.40 bits per heavy atom. The average Bonchev–Trinajstić information content (AvgIpc) is 2.45. The number of hydrogen-bond acceptors (Lipinski definition) is 2. The quantitative estimate of drug-likeness (QED) is 0.459. The molecule has 0 radical (unpaired) electrons. The summed E-state index contributed by atoms with van der Waals surface area (Å²) in [6.07, 6.45) is 9.46. The van der Waals surface area contributed by atoms with Gasteiger partial charge in [-0.25, -0.2) is 0 Å². The second-order valence-corrected chi connectivity index (χ2v) is 6.06. The van der Waals surface area contributed by atoms with Crippen LogP contribution in [0.4, 0.5) is 0 Å². The third-order valence-corrected chi connectivity index (χ3v) is 4.21. The van der Waals surface area contributed by atoms with Crippen LogP contribution in [0.3, 0.4) is 0 Å². The van der Waals surface area contributed by atoms with Crippen LogP contribution in [0.2, 0.25) is 0 Å². The summed E-state index contributed by atoms with van der Waals surface area (Å²) < 4.78 is 5.51. The second kappa shape index (κ2) is 8.99. The van der Waals surface area contributed by atoms with E-state index < -0.39 is 0 Å². The largest absolute Gasteiger partial charge is 0.461 e. The van der Waals surface area contributed by atoms with Crippen molar-refractivity contribution in [2.24, 2.45) is 11.8 Å². The van der Waals surface area contributed by atoms with Gasteiger partial charge in [-0.2, -0.15) is 0 Å². The normalized spacial score (nSPS) is 18.8. The Hall–Kier alpha value is -1.05. The predicted octanol–water partition coefficient (Wildman–Crippen LogP) is 5.05. The minimum absolute atomic E-state index is 0.00313. The van der Waals surface area contributed by atoms with Crippen LogP contribution in [0, 0.1) is 11.8 Å². The van der Waals surface area contributed by atoms with E-state index in [1.807, 2.05) is 0 Å². The summed E-state index contributed by atoms with van der Waals surface area (Å²) in [5.41, 5.74) is 2.55. The van der Waals surface area contributed by atoms with Crippen LogP contribution < -0.4 is 0 Å².